The predicted molar refractivity (Wildman–Crippen MR) is 46.1 cm³/mol. The maximum absolute atomic E-state index is 3.37. The first kappa shape index (κ1) is 9.31. The zero-order valence-corrected chi connectivity index (χ0v) is 7.42. The van der Waals surface area contributed by atoms with Crippen molar-refractivity contribution in [3.8, 4) is 0 Å². The first-order valence-corrected chi connectivity index (χ1v) is 4.89. The van der Waals surface area contributed by atoms with Crippen molar-refractivity contribution in [3.63, 3.8) is 0 Å². The van der Waals surface area contributed by atoms with E-state index >= 15 is 0 Å². The molecule has 0 aromatic carbocycles. The maximum Gasteiger partial charge on any atom is 0.00103 e. The van der Waals surface area contributed by atoms with Crippen LogP contribution in [-0.4, -0.2) is 24.6 Å². The number of thioether (sulfide) groups is 1. The minimum atomic E-state index is 0.645. The number of nitrogens with one attached hydrogen (secondary N) is 1. The average molecular weight is 147 g/mol. The maximum atomic E-state index is 3.37. The molecule has 56 valence electrons. The Hall–Kier alpha value is 0.310. The standard InChI is InChI=1S/C7H17NS/c1-7(2)8-5-4-6-9-3/h7-8H,4-6H2,1-3H3. The summed E-state index contributed by atoms with van der Waals surface area (Å²) in [5, 5.41) is 3.37. The zero-order valence-electron chi connectivity index (χ0n) is 6.61. The fourth-order valence-corrected chi connectivity index (χ4v) is 1.04. The number of hydrogen-bond acceptors (Lipinski definition) is 2. The summed E-state index contributed by atoms with van der Waals surface area (Å²) >= 11 is 1.91. The SMILES string of the molecule is CSCCCNC(C)C. The minimum absolute atomic E-state index is 0.645. The normalized spacial score (nSPS) is 10.7. The second kappa shape index (κ2) is 6.43. The topological polar surface area (TPSA) is 12.0 Å². The highest BCUT2D eigenvalue weighted by molar-refractivity contribution is 7.98. The Balaban J connectivity index is 2.75. The molecule has 0 saturated carbocycles. The van der Waals surface area contributed by atoms with E-state index in [0.29, 0.717) is 6.04 Å². The fourth-order valence-electron chi connectivity index (χ4n) is 0.607. The van der Waals surface area contributed by atoms with Crippen LogP contribution in [0.15, 0.2) is 0 Å². The first-order chi connectivity index (χ1) is 4.27. The van der Waals surface area contributed by atoms with Gasteiger partial charge in [0.15, 0.2) is 0 Å². The molecule has 0 spiro atoms. The van der Waals surface area contributed by atoms with Crippen LogP contribution in [0.3, 0.4) is 0 Å². The van der Waals surface area contributed by atoms with Crippen LogP contribution in [0.4, 0.5) is 0 Å². The average Bonchev–Trinajstić information content (AvgIpc) is 1.80. The summed E-state index contributed by atoms with van der Waals surface area (Å²) in [6.45, 7) is 5.52. The van der Waals surface area contributed by atoms with Crippen LogP contribution in [0.1, 0.15) is 20.3 Å². The molecule has 0 aromatic rings. The van der Waals surface area contributed by atoms with E-state index in [1.54, 1.807) is 0 Å². The van der Waals surface area contributed by atoms with Crippen LogP contribution in [0.2, 0.25) is 0 Å². The molecular weight excluding hydrogens is 130 g/mol. The summed E-state index contributed by atoms with van der Waals surface area (Å²) in [7, 11) is 0. The van der Waals surface area contributed by atoms with Gasteiger partial charge in [0, 0.05) is 6.04 Å². The molecule has 0 rings (SSSR count). The molecule has 9 heavy (non-hydrogen) atoms. The van der Waals surface area contributed by atoms with Crippen molar-refractivity contribution in [3.05, 3.63) is 0 Å². The lowest BCUT2D eigenvalue weighted by Crippen LogP contribution is -2.23. The van der Waals surface area contributed by atoms with E-state index in [4.69, 9.17) is 0 Å². The summed E-state index contributed by atoms with van der Waals surface area (Å²) in [5.74, 6) is 1.28. The molecule has 0 amide bonds. The molecule has 0 saturated heterocycles. The largest absolute Gasteiger partial charge is 0.315 e. The fraction of sp³-hybridized carbons (Fsp3) is 1.00. The van der Waals surface area contributed by atoms with Crippen molar-refractivity contribution in [2.45, 2.75) is 26.3 Å². The highest BCUT2D eigenvalue weighted by atomic mass is 32.2. The highest BCUT2D eigenvalue weighted by Gasteiger charge is 1.89. The van der Waals surface area contributed by atoms with E-state index in [1.807, 2.05) is 11.8 Å². The molecule has 0 heterocycles. The molecular formula is C7H17NS. The molecule has 0 fully saturated rings. The molecule has 1 nitrogen and oxygen atoms in total. The quantitative estimate of drug-likeness (QED) is 0.594. The van der Waals surface area contributed by atoms with Gasteiger partial charge in [-0.3, -0.25) is 0 Å². The summed E-state index contributed by atoms with van der Waals surface area (Å²) < 4.78 is 0. The van der Waals surface area contributed by atoms with Crippen molar-refractivity contribution in [1.29, 1.82) is 0 Å². The van der Waals surface area contributed by atoms with Crippen LogP contribution in [0.5, 0.6) is 0 Å². The summed E-state index contributed by atoms with van der Waals surface area (Å²) in [6, 6.07) is 0.645. The highest BCUT2D eigenvalue weighted by Crippen LogP contribution is 1.93. The third kappa shape index (κ3) is 8.31. The third-order valence-electron chi connectivity index (χ3n) is 1.08. The van der Waals surface area contributed by atoms with E-state index in [9.17, 15) is 0 Å². The monoisotopic (exact) mass is 147 g/mol. The van der Waals surface area contributed by atoms with Crippen LogP contribution >= 0.6 is 11.8 Å². The third-order valence-corrected chi connectivity index (χ3v) is 1.77. The van der Waals surface area contributed by atoms with E-state index in [1.165, 1.54) is 18.7 Å². The van der Waals surface area contributed by atoms with Crippen molar-refractivity contribution in [2.75, 3.05) is 18.6 Å². The van der Waals surface area contributed by atoms with Crippen LogP contribution in [0, 0.1) is 0 Å². The van der Waals surface area contributed by atoms with Crippen molar-refractivity contribution in [1.82, 2.24) is 5.32 Å². The Morgan fingerprint density at radius 1 is 1.44 bits per heavy atom. The molecule has 0 aromatic heterocycles. The van der Waals surface area contributed by atoms with E-state index < -0.39 is 0 Å². The molecule has 1 N–H and O–H groups in total. The van der Waals surface area contributed by atoms with E-state index in [2.05, 4.69) is 25.4 Å². The van der Waals surface area contributed by atoms with Gasteiger partial charge in [0.2, 0.25) is 0 Å². The van der Waals surface area contributed by atoms with Crippen molar-refractivity contribution >= 4 is 11.8 Å². The minimum Gasteiger partial charge on any atom is -0.315 e. The Bertz CT molecular complexity index is 54.9. The van der Waals surface area contributed by atoms with Gasteiger partial charge in [0.1, 0.15) is 0 Å². The summed E-state index contributed by atoms with van der Waals surface area (Å²) in [4.78, 5) is 0. The molecule has 0 unspecified atom stereocenters. The number of rotatable bonds is 5. The smallest absolute Gasteiger partial charge is 0.00103 e. The first-order valence-electron chi connectivity index (χ1n) is 3.49. The molecule has 0 aliphatic heterocycles. The lowest BCUT2D eigenvalue weighted by molar-refractivity contribution is 0.586. The molecule has 0 aliphatic carbocycles. The van der Waals surface area contributed by atoms with E-state index in [0.717, 1.165) is 0 Å². The van der Waals surface area contributed by atoms with Crippen LogP contribution < -0.4 is 5.32 Å². The molecule has 0 aliphatic rings. The Morgan fingerprint density at radius 2 is 2.11 bits per heavy atom. The van der Waals surface area contributed by atoms with Gasteiger partial charge in [0.25, 0.3) is 0 Å². The second-order valence-corrected chi connectivity index (χ2v) is 3.44. The van der Waals surface area contributed by atoms with Gasteiger partial charge in [-0.1, -0.05) is 13.8 Å². The van der Waals surface area contributed by atoms with Gasteiger partial charge >= 0.3 is 0 Å². The van der Waals surface area contributed by atoms with Gasteiger partial charge in [-0.25, -0.2) is 0 Å². The van der Waals surface area contributed by atoms with Crippen LogP contribution in [-0.2, 0) is 0 Å². The van der Waals surface area contributed by atoms with Gasteiger partial charge in [-0.05, 0) is 25.0 Å². The van der Waals surface area contributed by atoms with E-state index in [-0.39, 0.29) is 0 Å². The van der Waals surface area contributed by atoms with Crippen molar-refractivity contribution in [2.24, 2.45) is 0 Å². The molecule has 2 heteroatoms. The zero-order chi connectivity index (χ0) is 7.11. The lowest BCUT2D eigenvalue weighted by atomic mass is 10.4. The Labute approximate surface area is 62.6 Å². The summed E-state index contributed by atoms with van der Waals surface area (Å²) in [5.41, 5.74) is 0. The Morgan fingerprint density at radius 3 is 2.56 bits per heavy atom. The molecule has 0 radical (unpaired) electrons. The summed E-state index contributed by atoms with van der Waals surface area (Å²) in [6.07, 6.45) is 3.44. The number of hydrogen-bond donors (Lipinski definition) is 1. The van der Waals surface area contributed by atoms with Gasteiger partial charge in [0.05, 0.1) is 0 Å². The second-order valence-electron chi connectivity index (χ2n) is 2.46. The van der Waals surface area contributed by atoms with Crippen molar-refractivity contribution < 1.29 is 0 Å². The van der Waals surface area contributed by atoms with Crippen LogP contribution in [0.25, 0.3) is 0 Å². The lowest BCUT2D eigenvalue weighted by Gasteiger charge is -2.05. The molecule has 0 atom stereocenters. The van der Waals surface area contributed by atoms with Gasteiger partial charge in [-0.15, -0.1) is 0 Å². The Kier molecular flexibility index (Phi) is 6.65. The van der Waals surface area contributed by atoms with Gasteiger partial charge < -0.3 is 5.32 Å². The predicted octanol–water partition coefficient (Wildman–Crippen LogP) is 1.74. The molecule has 0 bridgehead atoms. The van der Waals surface area contributed by atoms with Gasteiger partial charge in [-0.2, -0.15) is 11.8 Å².